The molecule has 0 spiro atoms. The smallest absolute Gasteiger partial charge is 0.270 e. The highest BCUT2D eigenvalue weighted by Crippen LogP contribution is 2.21. The van der Waals surface area contributed by atoms with E-state index in [1.807, 2.05) is 35.2 Å². The summed E-state index contributed by atoms with van der Waals surface area (Å²) in [6, 6.07) is 9.80. The molecule has 3 aromatic rings. The van der Waals surface area contributed by atoms with Crippen LogP contribution in [0, 0.1) is 0 Å². The molecule has 0 unspecified atom stereocenters. The van der Waals surface area contributed by atoms with Gasteiger partial charge in [0.1, 0.15) is 11.5 Å². The number of carbonyl (C=O) groups is 1. The standard InChI is InChI=1S/C15H13N3O2/c19-15(13-7-10-3-1-2-4-12(10)17-13)18-6-5-14-11(9-18)8-16-20-14/h1-4,7-8,17H,5-6,9H2. The second kappa shape index (κ2) is 4.23. The third-order valence-corrected chi connectivity index (χ3v) is 3.75. The molecule has 0 radical (unpaired) electrons. The summed E-state index contributed by atoms with van der Waals surface area (Å²) in [5, 5.41) is 4.84. The number of para-hydroxylation sites is 1. The predicted octanol–water partition coefficient (Wildman–Crippen LogP) is 2.35. The quantitative estimate of drug-likeness (QED) is 0.736. The fourth-order valence-corrected chi connectivity index (χ4v) is 2.67. The highest BCUT2D eigenvalue weighted by atomic mass is 16.5. The van der Waals surface area contributed by atoms with Crippen LogP contribution in [0.5, 0.6) is 0 Å². The van der Waals surface area contributed by atoms with Gasteiger partial charge < -0.3 is 14.4 Å². The molecule has 1 N–H and O–H groups in total. The Balaban J connectivity index is 1.64. The Hall–Kier alpha value is -2.56. The van der Waals surface area contributed by atoms with Crippen LogP contribution in [0.3, 0.4) is 0 Å². The van der Waals surface area contributed by atoms with Crippen LogP contribution in [0.1, 0.15) is 21.8 Å². The topological polar surface area (TPSA) is 62.1 Å². The van der Waals surface area contributed by atoms with Crippen molar-refractivity contribution in [1.29, 1.82) is 0 Å². The summed E-state index contributed by atoms with van der Waals surface area (Å²) in [6.07, 6.45) is 2.42. The van der Waals surface area contributed by atoms with Crippen molar-refractivity contribution in [2.24, 2.45) is 0 Å². The number of amides is 1. The molecule has 0 aliphatic carbocycles. The van der Waals surface area contributed by atoms with Crippen LogP contribution in [-0.2, 0) is 13.0 Å². The van der Waals surface area contributed by atoms with Crippen LogP contribution in [0.15, 0.2) is 41.1 Å². The molecule has 1 aromatic carbocycles. The third kappa shape index (κ3) is 1.71. The lowest BCUT2D eigenvalue weighted by Crippen LogP contribution is -2.35. The second-order valence-corrected chi connectivity index (χ2v) is 5.02. The van der Waals surface area contributed by atoms with Gasteiger partial charge in [0, 0.05) is 29.4 Å². The minimum atomic E-state index is 0.0213. The van der Waals surface area contributed by atoms with Crippen LogP contribution < -0.4 is 0 Å². The number of H-pyrrole nitrogens is 1. The maximum Gasteiger partial charge on any atom is 0.270 e. The largest absolute Gasteiger partial charge is 0.361 e. The van der Waals surface area contributed by atoms with Crippen LogP contribution >= 0.6 is 0 Å². The van der Waals surface area contributed by atoms with Gasteiger partial charge in [0.15, 0.2) is 0 Å². The summed E-state index contributed by atoms with van der Waals surface area (Å²) in [4.78, 5) is 17.5. The van der Waals surface area contributed by atoms with Gasteiger partial charge in [-0.2, -0.15) is 0 Å². The summed E-state index contributed by atoms with van der Waals surface area (Å²) in [6.45, 7) is 1.23. The Morgan fingerprint density at radius 1 is 1.35 bits per heavy atom. The highest BCUT2D eigenvalue weighted by molar-refractivity contribution is 5.98. The fraction of sp³-hybridized carbons (Fsp3) is 0.200. The van der Waals surface area contributed by atoms with Gasteiger partial charge in [-0.15, -0.1) is 0 Å². The molecule has 0 atom stereocenters. The Bertz CT molecular complexity index is 754. The van der Waals surface area contributed by atoms with Gasteiger partial charge in [0.2, 0.25) is 0 Å². The van der Waals surface area contributed by atoms with Gasteiger partial charge in [0.25, 0.3) is 5.91 Å². The molecule has 1 aliphatic heterocycles. The summed E-state index contributed by atoms with van der Waals surface area (Å²) < 4.78 is 5.14. The number of hydrogen-bond donors (Lipinski definition) is 1. The van der Waals surface area contributed by atoms with Crippen molar-refractivity contribution in [3.8, 4) is 0 Å². The molecule has 3 heterocycles. The number of hydrogen-bond acceptors (Lipinski definition) is 3. The molecule has 4 rings (SSSR count). The van der Waals surface area contributed by atoms with Crippen LogP contribution in [0.4, 0.5) is 0 Å². The van der Waals surface area contributed by atoms with E-state index in [0.717, 1.165) is 28.6 Å². The zero-order valence-electron chi connectivity index (χ0n) is 10.8. The van der Waals surface area contributed by atoms with Gasteiger partial charge >= 0.3 is 0 Å². The van der Waals surface area contributed by atoms with Crippen molar-refractivity contribution in [3.05, 3.63) is 53.5 Å². The summed E-state index contributed by atoms with van der Waals surface area (Å²) >= 11 is 0. The summed E-state index contributed by atoms with van der Waals surface area (Å²) in [7, 11) is 0. The van der Waals surface area contributed by atoms with Crippen molar-refractivity contribution in [2.45, 2.75) is 13.0 Å². The lowest BCUT2D eigenvalue weighted by atomic mass is 10.1. The highest BCUT2D eigenvalue weighted by Gasteiger charge is 2.25. The zero-order chi connectivity index (χ0) is 13.5. The number of rotatable bonds is 1. The number of aromatic nitrogens is 2. The van der Waals surface area contributed by atoms with Gasteiger partial charge in [0.05, 0.1) is 12.7 Å². The number of benzene rings is 1. The van der Waals surface area contributed by atoms with E-state index in [1.54, 1.807) is 6.20 Å². The molecule has 5 nitrogen and oxygen atoms in total. The van der Waals surface area contributed by atoms with Crippen molar-refractivity contribution in [1.82, 2.24) is 15.0 Å². The van der Waals surface area contributed by atoms with E-state index in [2.05, 4.69) is 10.1 Å². The minimum absolute atomic E-state index is 0.0213. The number of nitrogens with zero attached hydrogens (tertiary/aromatic N) is 2. The van der Waals surface area contributed by atoms with E-state index in [0.29, 0.717) is 18.8 Å². The molecular formula is C15H13N3O2. The summed E-state index contributed by atoms with van der Waals surface area (Å²) in [5.74, 6) is 0.916. The van der Waals surface area contributed by atoms with Gasteiger partial charge in [-0.05, 0) is 12.1 Å². The Morgan fingerprint density at radius 3 is 3.15 bits per heavy atom. The Labute approximate surface area is 115 Å². The normalized spacial score (nSPS) is 14.5. The first-order valence-electron chi connectivity index (χ1n) is 6.61. The molecular weight excluding hydrogens is 254 g/mol. The van der Waals surface area contributed by atoms with Gasteiger partial charge in [-0.25, -0.2) is 0 Å². The Morgan fingerprint density at radius 2 is 2.25 bits per heavy atom. The Kier molecular flexibility index (Phi) is 2.39. The van der Waals surface area contributed by atoms with Crippen LogP contribution in [0.25, 0.3) is 10.9 Å². The van der Waals surface area contributed by atoms with Crippen molar-refractivity contribution in [2.75, 3.05) is 6.54 Å². The second-order valence-electron chi connectivity index (χ2n) is 5.02. The molecule has 0 saturated heterocycles. The fourth-order valence-electron chi connectivity index (χ4n) is 2.67. The molecule has 100 valence electrons. The first-order valence-corrected chi connectivity index (χ1v) is 6.61. The first-order chi connectivity index (χ1) is 9.81. The lowest BCUT2D eigenvalue weighted by Gasteiger charge is -2.25. The number of nitrogens with one attached hydrogen (secondary N) is 1. The van der Waals surface area contributed by atoms with Crippen LogP contribution in [0.2, 0.25) is 0 Å². The average Bonchev–Trinajstić information content (AvgIpc) is 3.11. The SMILES string of the molecule is O=C(c1cc2ccccc2[nH]1)N1CCc2oncc2C1. The van der Waals surface area contributed by atoms with Crippen molar-refractivity contribution < 1.29 is 9.32 Å². The third-order valence-electron chi connectivity index (χ3n) is 3.75. The maximum absolute atomic E-state index is 12.5. The molecule has 20 heavy (non-hydrogen) atoms. The molecule has 2 aromatic heterocycles. The number of carbonyl (C=O) groups excluding carboxylic acids is 1. The maximum atomic E-state index is 12.5. The van der Waals surface area contributed by atoms with Gasteiger partial charge in [-0.1, -0.05) is 23.4 Å². The van der Waals surface area contributed by atoms with E-state index in [1.165, 1.54) is 0 Å². The summed E-state index contributed by atoms with van der Waals surface area (Å²) in [5.41, 5.74) is 2.62. The molecule has 0 fully saturated rings. The van der Waals surface area contributed by atoms with E-state index in [9.17, 15) is 4.79 Å². The first kappa shape index (κ1) is 11.3. The molecule has 0 bridgehead atoms. The molecule has 5 heteroatoms. The number of aromatic amines is 1. The van der Waals surface area contributed by atoms with E-state index in [-0.39, 0.29) is 5.91 Å². The monoisotopic (exact) mass is 267 g/mol. The predicted molar refractivity (Wildman–Crippen MR) is 73.2 cm³/mol. The van der Waals surface area contributed by atoms with Crippen molar-refractivity contribution >= 4 is 16.8 Å². The van der Waals surface area contributed by atoms with Crippen LogP contribution in [-0.4, -0.2) is 27.5 Å². The van der Waals surface area contributed by atoms with E-state index >= 15 is 0 Å². The average molecular weight is 267 g/mol. The molecule has 0 saturated carbocycles. The van der Waals surface area contributed by atoms with E-state index in [4.69, 9.17) is 4.52 Å². The van der Waals surface area contributed by atoms with Gasteiger partial charge in [-0.3, -0.25) is 4.79 Å². The lowest BCUT2D eigenvalue weighted by molar-refractivity contribution is 0.0724. The van der Waals surface area contributed by atoms with E-state index < -0.39 is 0 Å². The van der Waals surface area contributed by atoms with Crippen molar-refractivity contribution in [3.63, 3.8) is 0 Å². The zero-order valence-corrected chi connectivity index (χ0v) is 10.8. The molecule has 1 amide bonds. The number of fused-ring (bicyclic) bond motifs is 2. The molecule has 1 aliphatic rings. The minimum Gasteiger partial charge on any atom is -0.361 e.